The number of nitrogens with zero attached hydrogens (tertiary/aromatic N) is 2. The minimum atomic E-state index is -0.684. The molecule has 0 aromatic heterocycles. The highest BCUT2D eigenvalue weighted by Gasteiger charge is 2.36. The first-order chi connectivity index (χ1) is 7.70. The average molecular weight is 230 g/mol. The molecule has 0 bridgehead atoms. The molecule has 0 aromatic rings. The van der Waals surface area contributed by atoms with Crippen LogP contribution >= 0.6 is 0 Å². The number of rotatable bonds is 3. The second-order valence-electron chi connectivity index (χ2n) is 5.23. The lowest BCUT2D eigenvalue weighted by atomic mass is 10.0. The van der Waals surface area contributed by atoms with E-state index in [-0.39, 0.29) is 12.6 Å². The van der Waals surface area contributed by atoms with Gasteiger partial charge in [0, 0.05) is 25.2 Å². The summed E-state index contributed by atoms with van der Waals surface area (Å²) < 4.78 is 13.4. The Balaban J connectivity index is 1.91. The summed E-state index contributed by atoms with van der Waals surface area (Å²) in [6, 6.07) is 0.807. The molecule has 2 saturated heterocycles. The third-order valence-electron chi connectivity index (χ3n) is 4.03. The van der Waals surface area contributed by atoms with E-state index in [9.17, 15) is 4.39 Å². The van der Waals surface area contributed by atoms with Crippen molar-refractivity contribution >= 4 is 0 Å². The lowest BCUT2D eigenvalue weighted by molar-refractivity contribution is 0.0945. The van der Waals surface area contributed by atoms with Crippen LogP contribution in [0.4, 0.5) is 4.39 Å². The molecule has 0 saturated carbocycles. The summed E-state index contributed by atoms with van der Waals surface area (Å²) in [5, 5.41) is 9.01. The molecule has 2 fully saturated rings. The smallest absolute Gasteiger partial charge is 0.114 e. The molecule has 0 radical (unpaired) electrons. The SMILES string of the molecule is CN1CCC(N2C[C@@H](F)C[C@@H]2CCO)CC1. The standard InChI is InChI=1S/C12H23FN2O/c1-14-5-2-11(3-6-14)15-9-10(13)8-12(15)4-7-16/h10-12,16H,2-9H2,1H3/t10-,12-/m0/s1. The first-order valence-electron chi connectivity index (χ1n) is 6.40. The number of hydrogen-bond donors (Lipinski definition) is 1. The van der Waals surface area contributed by atoms with Crippen LogP contribution < -0.4 is 0 Å². The maximum atomic E-state index is 13.4. The third kappa shape index (κ3) is 2.73. The van der Waals surface area contributed by atoms with E-state index >= 15 is 0 Å². The van der Waals surface area contributed by atoms with Gasteiger partial charge in [-0.3, -0.25) is 4.90 Å². The van der Waals surface area contributed by atoms with E-state index in [1.165, 1.54) is 0 Å². The van der Waals surface area contributed by atoms with E-state index in [4.69, 9.17) is 5.11 Å². The Hall–Kier alpha value is -0.190. The molecule has 0 spiro atoms. The minimum absolute atomic E-state index is 0.181. The third-order valence-corrected chi connectivity index (χ3v) is 4.03. The Labute approximate surface area is 97.2 Å². The summed E-state index contributed by atoms with van der Waals surface area (Å²) in [6.45, 7) is 2.99. The highest BCUT2D eigenvalue weighted by Crippen LogP contribution is 2.28. The Kier molecular flexibility index (Phi) is 4.16. The van der Waals surface area contributed by atoms with Crippen LogP contribution in [0, 0.1) is 0 Å². The molecule has 0 amide bonds. The Bertz CT molecular complexity index is 219. The van der Waals surface area contributed by atoms with Gasteiger partial charge in [0.2, 0.25) is 0 Å². The van der Waals surface area contributed by atoms with Gasteiger partial charge in [-0.05, 0) is 45.8 Å². The van der Waals surface area contributed by atoms with Crippen molar-refractivity contribution in [3.63, 3.8) is 0 Å². The summed E-state index contributed by atoms with van der Waals surface area (Å²) in [4.78, 5) is 4.65. The fourth-order valence-corrected chi connectivity index (χ4v) is 3.09. The lowest BCUT2D eigenvalue weighted by Gasteiger charge is -2.38. The van der Waals surface area contributed by atoms with E-state index in [0.717, 1.165) is 32.4 Å². The zero-order chi connectivity index (χ0) is 11.5. The summed E-state index contributed by atoms with van der Waals surface area (Å²) >= 11 is 0. The van der Waals surface area contributed by atoms with Crippen LogP contribution in [-0.4, -0.2) is 66.5 Å². The van der Waals surface area contributed by atoms with Crippen LogP contribution in [0.2, 0.25) is 0 Å². The van der Waals surface area contributed by atoms with Crippen LogP contribution in [0.15, 0.2) is 0 Å². The Morgan fingerprint density at radius 1 is 1.31 bits per heavy atom. The van der Waals surface area contributed by atoms with Gasteiger partial charge in [-0.25, -0.2) is 4.39 Å². The van der Waals surface area contributed by atoms with Crippen molar-refractivity contribution in [1.82, 2.24) is 9.80 Å². The summed E-state index contributed by atoms with van der Waals surface area (Å²) in [6.07, 6.45) is 2.95. The van der Waals surface area contributed by atoms with Crippen molar-refractivity contribution in [2.24, 2.45) is 0 Å². The molecule has 94 valence electrons. The predicted molar refractivity (Wildman–Crippen MR) is 62.2 cm³/mol. The first kappa shape index (κ1) is 12.3. The van der Waals surface area contributed by atoms with Gasteiger partial charge in [-0.15, -0.1) is 0 Å². The van der Waals surface area contributed by atoms with Gasteiger partial charge in [-0.1, -0.05) is 0 Å². The molecule has 3 nitrogen and oxygen atoms in total. The van der Waals surface area contributed by atoms with Gasteiger partial charge in [-0.2, -0.15) is 0 Å². The molecule has 2 heterocycles. The van der Waals surface area contributed by atoms with Crippen molar-refractivity contribution in [3.05, 3.63) is 0 Å². The molecule has 0 aliphatic carbocycles. The number of likely N-dealkylation sites (tertiary alicyclic amines) is 2. The summed E-state index contributed by atoms with van der Waals surface area (Å²) in [5.41, 5.74) is 0. The Morgan fingerprint density at radius 3 is 2.62 bits per heavy atom. The highest BCUT2D eigenvalue weighted by molar-refractivity contribution is 4.91. The van der Waals surface area contributed by atoms with Crippen LogP contribution in [-0.2, 0) is 0 Å². The van der Waals surface area contributed by atoms with Gasteiger partial charge in [0.25, 0.3) is 0 Å². The zero-order valence-corrected chi connectivity index (χ0v) is 10.1. The normalized spacial score (nSPS) is 34.7. The molecular formula is C12H23FN2O. The largest absolute Gasteiger partial charge is 0.396 e. The van der Waals surface area contributed by atoms with Gasteiger partial charge in [0.15, 0.2) is 0 Å². The topological polar surface area (TPSA) is 26.7 Å². The maximum Gasteiger partial charge on any atom is 0.114 e. The number of halogens is 1. The molecule has 2 atom stereocenters. The number of alkyl halides is 1. The second-order valence-corrected chi connectivity index (χ2v) is 5.23. The molecule has 16 heavy (non-hydrogen) atoms. The predicted octanol–water partition coefficient (Wildman–Crippen LogP) is 0.875. The molecule has 0 aromatic carbocycles. The summed E-state index contributed by atoms with van der Waals surface area (Å²) in [7, 11) is 2.14. The van der Waals surface area contributed by atoms with E-state index in [1.54, 1.807) is 0 Å². The quantitative estimate of drug-likeness (QED) is 0.779. The van der Waals surface area contributed by atoms with E-state index in [2.05, 4.69) is 16.8 Å². The van der Waals surface area contributed by atoms with Gasteiger partial charge < -0.3 is 10.0 Å². The van der Waals surface area contributed by atoms with Gasteiger partial charge in [0.1, 0.15) is 6.17 Å². The first-order valence-corrected chi connectivity index (χ1v) is 6.40. The van der Waals surface area contributed by atoms with Gasteiger partial charge in [0.05, 0.1) is 0 Å². The maximum absolute atomic E-state index is 13.4. The number of piperidine rings is 1. The van der Waals surface area contributed by atoms with E-state index in [0.29, 0.717) is 19.0 Å². The molecule has 2 aliphatic rings. The van der Waals surface area contributed by atoms with Crippen molar-refractivity contribution in [2.45, 2.75) is 43.9 Å². The molecule has 2 rings (SSSR count). The molecular weight excluding hydrogens is 207 g/mol. The van der Waals surface area contributed by atoms with Crippen molar-refractivity contribution < 1.29 is 9.50 Å². The fraction of sp³-hybridized carbons (Fsp3) is 1.00. The van der Waals surface area contributed by atoms with E-state index in [1.807, 2.05) is 0 Å². The monoisotopic (exact) mass is 230 g/mol. The number of hydrogen-bond acceptors (Lipinski definition) is 3. The number of aliphatic hydroxyl groups is 1. The van der Waals surface area contributed by atoms with Crippen molar-refractivity contribution in [2.75, 3.05) is 33.3 Å². The van der Waals surface area contributed by atoms with Crippen LogP contribution in [0.3, 0.4) is 0 Å². The molecule has 0 unspecified atom stereocenters. The minimum Gasteiger partial charge on any atom is -0.396 e. The average Bonchev–Trinajstić information content (AvgIpc) is 2.61. The molecule has 4 heteroatoms. The van der Waals surface area contributed by atoms with E-state index < -0.39 is 6.17 Å². The molecule has 1 N–H and O–H groups in total. The fourth-order valence-electron chi connectivity index (χ4n) is 3.09. The number of aliphatic hydroxyl groups excluding tert-OH is 1. The van der Waals surface area contributed by atoms with Crippen LogP contribution in [0.1, 0.15) is 25.7 Å². The van der Waals surface area contributed by atoms with Gasteiger partial charge >= 0.3 is 0 Å². The van der Waals surface area contributed by atoms with Crippen molar-refractivity contribution in [3.8, 4) is 0 Å². The molecule has 2 aliphatic heterocycles. The second kappa shape index (κ2) is 5.43. The highest BCUT2D eigenvalue weighted by atomic mass is 19.1. The lowest BCUT2D eigenvalue weighted by Crippen LogP contribution is -2.46. The zero-order valence-electron chi connectivity index (χ0n) is 10.1. The van der Waals surface area contributed by atoms with Crippen molar-refractivity contribution in [1.29, 1.82) is 0 Å². The Morgan fingerprint density at radius 2 is 2.00 bits per heavy atom. The van der Waals surface area contributed by atoms with Crippen LogP contribution in [0.25, 0.3) is 0 Å². The summed E-state index contributed by atoms with van der Waals surface area (Å²) in [5.74, 6) is 0. The van der Waals surface area contributed by atoms with Crippen LogP contribution in [0.5, 0.6) is 0 Å².